The Morgan fingerprint density at radius 1 is 0.875 bits per heavy atom. The standard InChI is InChI=1S/C24H23F3N4O/c25-24(26,27)21-10-11-23(28-16-21)30-14-12-29(13-15-30)22-9-5-4-8-20(22)18-31(32)17-19-6-2-1-3-7-19/h1-11,16,18H,12-15,17H2/b31-18-. The van der Waals surface area contributed by atoms with Crippen LogP contribution in [0, 0.1) is 5.21 Å². The lowest BCUT2D eigenvalue weighted by Crippen LogP contribution is -2.47. The molecule has 0 bridgehead atoms. The molecular weight excluding hydrogens is 417 g/mol. The van der Waals surface area contributed by atoms with Crippen molar-refractivity contribution in [2.45, 2.75) is 12.7 Å². The van der Waals surface area contributed by atoms with Crippen molar-refractivity contribution < 1.29 is 17.9 Å². The number of nitrogens with zero attached hydrogens (tertiary/aromatic N) is 4. The van der Waals surface area contributed by atoms with E-state index < -0.39 is 11.7 Å². The van der Waals surface area contributed by atoms with Crippen molar-refractivity contribution in [3.63, 3.8) is 0 Å². The van der Waals surface area contributed by atoms with Crippen LogP contribution in [0.2, 0.25) is 0 Å². The van der Waals surface area contributed by atoms with E-state index in [-0.39, 0.29) is 6.54 Å². The number of para-hydroxylation sites is 1. The number of alkyl halides is 3. The summed E-state index contributed by atoms with van der Waals surface area (Å²) in [6, 6.07) is 19.8. The van der Waals surface area contributed by atoms with Gasteiger partial charge in [-0.1, -0.05) is 42.5 Å². The van der Waals surface area contributed by atoms with Crippen LogP contribution in [0.4, 0.5) is 24.7 Å². The number of hydrogen-bond donors (Lipinski definition) is 0. The Bertz CT molecular complexity index is 1060. The first-order chi connectivity index (χ1) is 15.4. The number of benzene rings is 2. The van der Waals surface area contributed by atoms with Gasteiger partial charge in [0.1, 0.15) is 5.82 Å². The van der Waals surface area contributed by atoms with Gasteiger partial charge in [-0.05, 0) is 24.3 Å². The first-order valence-electron chi connectivity index (χ1n) is 10.3. The number of rotatable bonds is 5. The number of pyridine rings is 1. The molecule has 0 saturated carbocycles. The molecule has 1 aromatic heterocycles. The molecule has 5 nitrogen and oxygen atoms in total. The molecule has 0 atom stereocenters. The lowest BCUT2D eigenvalue weighted by atomic mass is 10.1. The molecule has 4 rings (SSSR count). The molecule has 2 aromatic carbocycles. The average Bonchev–Trinajstić information content (AvgIpc) is 2.80. The van der Waals surface area contributed by atoms with Gasteiger partial charge in [-0.15, -0.1) is 0 Å². The highest BCUT2D eigenvalue weighted by atomic mass is 19.4. The minimum Gasteiger partial charge on any atom is -0.624 e. The number of anilines is 2. The van der Waals surface area contributed by atoms with Crippen LogP contribution in [-0.4, -0.2) is 42.1 Å². The fraction of sp³-hybridized carbons (Fsp3) is 0.250. The molecule has 1 fully saturated rings. The highest BCUT2D eigenvalue weighted by Gasteiger charge is 2.31. The van der Waals surface area contributed by atoms with Gasteiger partial charge in [0.15, 0.2) is 12.8 Å². The Balaban J connectivity index is 1.43. The topological polar surface area (TPSA) is 45.4 Å². The van der Waals surface area contributed by atoms with Crippen LogP contribution >= 0.6 is 0 Å². The monoisotopic (exact) mass is 440 g/mol. The normalized spacial score (nSPS) is 15.2. The van der Waals surface area contributed by atoms with E-state index in [1.807, 2.05) is 59.5 Å². The third-order valence-electron chi connectivity index (χ3n) is 5.42. The first-order valence-corrected chi connectivity index (χ1v) is 10.3. The summed E-state index contributed by atoms with van der Waals surface area (Å²) in [6.07, 6.45) is -1.91. The zero-order valence-electron chi connectivity index (χ0n) is 17.4. The Labute approximate surface area is 184 Å². The molecule has 0 spiro atoms. The van der Waals surface area contributed by atoms with Crippen molar-refractivity contribution in [3.05, 3.63) is 94.8 Å². The van der Waals surface area contributed by atoms with Gasteiger partial charge in [0.2, 0.25) is 0 Å². The predicted molar refractivity (Wildman–Crippen MR) is 119 cm³/mol. The zero-order valence-corrected chi connectivity index (χ0v) is 17.4. The van der Waals surface area contributed by atoms with E-state index in [9.17, 15) is 18.4 Å². The second-order valence-electron chi connectivity index (χ2n) is 7.63. The largest absolute Gasteiger partial charge is 0.624 e. The van der Waals surface area contributed by atoms with Gasteiger partial charge in [0.05, 0.1) is 16.8 Å². The maximum atomic E-state index is 12.8. The van der Waals surface area contributed by atoms with Crippen LogP contribution in [0.25, 0.3) is 0 Å². The van der Waals surface area contributed by atoms with Crippen molar-refractivity contribution in [1.29, 1.82) is 0 Å². The van der Waals surface area contributed by atoms with Gasteiger partial charge in [-0.2, -0.15) is 13.2 Å². The molecule has 0 radical (unpaired) electrons. The number of hydrogen-bond acceptors (Lipinski definition) is 4. The zero-order chi connectivity index (χ0) is 22.6. The van der Waals surface area contributed by atoms with Gasteiger partial charge < -0.3 is 15.0 Å². The fourth-order valence-electron chi connectivity index (χ4n) is 3.77. The second kappa shape index (κ2) is 9.30. The van der Waals surface area contributed by atoms with Crippen molar-refractivity contribution in [3.8, 4) is 0 Å². The minimum atomic E-state index is -4.39. The molecule has 0 aliphatic carbocycles. The van der Waals surface area contributed by atoms with Crippen LogP contribution in [0.3, 0.4) is 0 Å². The molecule has 0 N–H and O–H groups in total. The van der Waals surface area contributed by atoms with Crippen LogP contribution in [0.15, 0.2) is 72.9 Å². The number of halogens is 3. The van der Waals surface area contributed by atoms with Crippen molar-refractivity contribution >= 4 is 17.7 Å². The van der Waals surface area contributed by atoms with Crippen LogP contribution < -0.4 is 9.80 Å². The first kappa shape index (κ1) is 21.7. The number of aromatic nitrogens is 1. The molecule has 1 aliphatic heterocycles. The van der Waals surface area contributed by atoms with E-state index >= 15 is 0 Å². The Morgan fingerprint density at radius 3 is 2.19 bits per heavy atom. The molecule has 8 heteroatoms. The molecule has 1 aliphatic rings. The quantitative estimate of drug-likeness (QED) is 0.253. The Hall–Kier alpha value is -3.55. The molecule has 32 heavy (non-hydrogen) atoms. The third-order valence-corrected chi connectivity index (χ3v) is 5.42. The lowest BCUT2D eigenvalue weighted by molar-refractivity contribution is -0.469. The summed E-state index contributed by atoms with van der Waals surface area (Å²) in [7, 11) is 0. The second-order valence-corrected chi connectivity index (χ2v) is 7.63. The van der Waals surface area contributed by atoms with E-state index in [2.05, 4.69) is 9.88 Å². The highest BCUT2D eigenvalue weighted by molar-refractivity contribution is 5.85. The highest BCUT2D eigenvalue weighted by Crippen LogP contribution is 2.30. The van der Waals surface area contributed by atoms with E-state index in [1.54, 1.807) is 6.21 Å². The van der Waals surface area contributed by atoms with Crippen molar-refractivity contribution in [2.75, 3.05) is 36.0 Å². The van der Waals surface area contributed by atoms with E-state index in [0.717, 1.165) is 33.8 Å². The van der Waals surface area contributed by atoms with Gasteiger partial charge in [0.25, 0.3) is 0 Å². The summed E-state index contributed by atoms with van der Waals surface area (Å²) < 4.78 is 39.2. The predicted octanol–water partition coefficient (Wildman–Crippen LogP) is 4.56. The summed E-state index contributed by atoms with van der Waals surface area (Å²) in [5, 5.41) is 12.5. The van der Waals surface area contributed by atoms with Crippen molar-refractivity contribution in [2.24, 2.45) is 0 Å². The Kier molecular flexibility index (Phi) is 6.30. The molecule has 166 valence electrons. The van der Waals surface area contributed by atoms with Gasteiger partial charge in [0, 0.05) is 37.9 Å². The molecule has 0 unspecified atom stereocenters. The van der Waals surface area contributed by atoms with Gasteiger partial charge in [-0.3, -0.25) is 0 Å². The number of hydroxylamine groups is 1. The molecular formula is C24H23F3N4O. The summed E-state index contributed by atoms with van der Waals surface area (Å²) in [6.45, 7) is 2.86. The smallest absolute Gasteiger partial charge is 0.417 e. The van der Waals surface area contributed by atoms with E-state index in [4.69, 9.17) is 0 Å². The maximum Gasteiger partial charge on any atom is 0.417 e. The molecule has 0 amide bonds. The van der Waals surface area contributed by atoms with E-state index in [1.165, 1.54) is 6.07 Å². The van der Waals surface area contributed by atoms with Crippen LogP contribution in [0.5, 0.6) is 0 Å². The SMILES string of the molecule is [O-]/[N+](=C\c1ccccc1N1CCN(c2ccc(C(F)(F)F)cn2)CC1)Cc1ccccc1. The van der Waals surface area contributed by atoms with Crippen LogP contribution in [-0.2, 0) is 12.7 Å². The van der Waals surface area contributed by atoms with Crippen LogP contribution in [0.1, 0.15) is 16.7 Å². The minimum absolute atomic E-state index is 0.266. The summed E-state index contributed by atoms with van der Waals surface area (Å²) in [4.78, 5) is 8.15. The molecule has 2 heterocycles. The van der Waals surface area contributed by atoms with Crippen molar-refractivity contribution in [1.82, 2.24) is 4.98 Å². The lowest BCUT2D eigenvalue weighted by Gasteiger charge is -2.37. The van der Waals surface area contributed by atoms with Gasteiger partial charge in [-0.25, -0.2) is 9.72 Å². The molecule has 1 saturated heterocycles. The summed E-state index contributed by atoms with van der Waals surface area (Å²) in [5.74, 6) is 0.533. The summed E-state index contributed by atoms with van der Waals surface area (Å²) in [5.41, 5.74) is 1.98. The summed E-state index contributed by atoms with van der Waals surface area (Å²) >= 11 is 0. The maximum absolute atomic E-state index is 12.8. The van der Waals surface area contributed by atoms with E-state index in [0.29, 0.717) is 32.0 Å². The number of piperazine rings is 1. The fourth-order valence-corrected chi connectivity index (χ4v) is 3.77. The van der Waals surface area contributed by atoms with Gasteiger partial charge >= 0.3 is 6.18 Å². The Morgan fingerprint density at radius 2 is 1.53 bits per heavy atom. The third kappa shape index (κ3) is 5.19. The average molecular weight is 440 g/mol. The molecule has 3 aromatic rings.